The van der Waals surface area contributed by atoms with Crippen molar-refractivity contribution in [3.8, 4) is 5.88 Å². The van der Waals surface area contributed by atoms with Crippen LogP contribution in [0.3, 0.4) is 0 Å². The summed E-state index contributed by atoms with van der Waals surface area (Å²) in [4.78, 5) is 18.4. The molecule has 1 atom stereocenters. The number of carbonyl (C=O) groups excluding carboxylic acids is 1. The predicted octanol–water partition coefficient (Wildman–Crippen LogP) is 1.68. The highest BCUT2D eigenvalue weighted by molar-refractivity contribution is 5.76. The second kappa shape index (κ2) is 5.95. The SMILES string of the molecule is O=C(ONc1cccnc1O[C@H]1CCOC1)C(F)(F)F. The smallest absolute Gasteiger partial charge is 0.470 e. The minimum atomic E-state index is -5.07. The van der Waals surface area contributed by atoms with Crippen LogP contribution in [-0.2, 0) is 14.4 Å². The Labute approximate surface area is 111 Å². The lowest BCUT2D eigenvalue weighted by Crippen LogP contribution is -2.27. The summed E-state index contributed by atoms with van der Waals surface area (Å²) in [6.45, 7) is 0.918. The number of nitrogens with one attached hydrogen (secondary N) is 1. The number of rotatable bonds is 4. The molecule has 1 aliphatic rings. The van der Waals surface area contributed by atoms with E-state index in [4.69, 9.17) is 9.47 Å². The summed E-state index contributed by atoms with van der Waals surface area (Å²) in [5.74, 6) is -2.31. The molecule has 0 aliphatic carbocycles. The van der Waals surface area contributed by atoms with Gasteiger partial charge in [0.2, 0.25) is 5.88 Å². The first-order chi connectivity index (χ1) is 9.47. The molecule has 2 heterocycles. The zero-order valence-electron chi connectivity index (χ0n) is 10.1. The quantitative estimate of drug-likeness (QED) is 0.851. The molecule has 2 rings (SSSR count). The summed E-state index contributed by atoms with van der Waals surface area (Å²) in [7, 11) is 0. The van der Waals surface area contributed by atoms with E-state index in [0.717, 1.165) is 0 Å². The van der Waals surface area contributed by atoms with Gasteiger partial charge >= 0.3 is 12.1 Å². The Kier molecular flexibility index (Phi) is 4.28. The average molecular weight is 292 g/mol. The Morgan fingerprint density at radius 1 is 1.50 bits per heavy atom. The molecule has 0 radical (unpaired) electrons. The molecule has 0 bridgehead atoms. The molecule has 1 aromatic heterocycles. The van der Waals surface area contributed by atoms with Gasteiger partial charge in [0.1, 0.15) is 11.8 Å². The lowest BCUT2D eigenvalue weighted by molar-refractivity contribution is -0.196. The number of aromatic nitrogens is 1. The van der Waals surface area contributed by atoms with Gasteiger partial charge in [0.15, 0.2) is 0 Å². The first-order valence-corrected chi connectivity index (χ1v) is 5.70. The van der Waals surface area contributed by atoms with Crippen molar-refractivity contribution in [2.45, 2.75) is 18.7 Å². The molecule has 1 N–H and O–H groups in total. The van der Waals surface area contributed by atoms with Crippen LogP contribution < -0.4 is 10.2 Å². The van der Waals surface area contributed by atoms with Gasteiger partial charge in [-0.05, 0) is 12.1 Å². The number of anilines is 1. The maximum absolute atomic E-state index is 12.0. The Bertz CT molecular complexity index is 475. The van der Waals surface area contributed by atoms with Gasteiger partial charge in [-0.2, -0.15) is 13.2 Å². The van der Waals surface area contributed by atoms with E-state index in [1.165, 1.54) is 18.3 Å². The number of hydrogen-bond acceptors (Lipinski definition) is 6. The molecule has 6 nitrogen and oxygen atoms in total. The summed E-state index contributed by atoms with van der Waals surface area (Å²) in [6, 6.07) is 2.84. The van der Waals surface area contributed by atoms with Crippen LogP contribution in [0.25, 0.3) is 0 Å². The van der Waals surface area contributed by atoms with Crippen LogP contribution in [0.5, 0.6) is 5.88 Å². The second-order valence-electron chi connectivity index (χ2n) is 3.95. The van der Waals surface area contributed by atoms with Crippen LogP contribution in [0.4, 0.5) is 18.9 Å². The maximum atomic E-state index is 12.0. The van der Waals surface area contributed by atoms with Crippen LogP contribution in [0, 0.1) is 0 Å². The van der Waals surface area contributed by atoms with E-state index in [9.17, 15) is 18.0 Å². The molecular formula is C11H11F3N2O4. The van der Waals surface area contributed by atoms with Gasteiger partial charge in [-0.1, -0.05) is 0 Å². The summed E-state index contributed by atoms with van der Waals surface area (Å²) in [6.07, 6.45) is -3.25. The summed E-state index contributed by atoms with van der Waals surface area (Å²) in [5, 5.41) is 0. The molecule has 20 heavy (non-hydrogen) atoms. The van der Waals surface area contributed by atoms with Crippen LogP contribution >= 0.6 is 0 Å². The lowest BCUT2D eigenvalue weighted by atomic mass is 10.3. The second-order valence-corrected chi connectivity index (χ2v) is 3.95. The standard InChI is InChI=1S/C11H11F3N2O4/c12-11(13,14)10(17)20-16-8-2-1-4-15-9(8)19-7-3-5-18-6-7/h1-2,4,7,16H,3,5-6H2/t7-/m0/s1. The number of alkyl halides is 3. The molecule has 9 heteroatoms. The molecule has 1 aromatic rings. The fourth-order valence-corrected chi connectivity index (χ4v) is 1.49. The first-order valence-electron chi connectivity index (χ1n) is 5.70. The monoisotopic (exact) mass is 292 g/mol. The Morgan fingerprint density at radius 2 is 2.30 bits per heavy atom. The third-order valence-corrected chi connectivity index (χ3v) is 2.42. The third kappa shape index (κ3) is 3.73. The van der Waals surface area contributed by atoms with Gasteiger partial charge in [0.05, 0.1) is 13.2 Å². The van der Waals surface area contributed by atoms with E-state index in [0.29, 0.717) is 19.6 Å². The molecule has 0 saturated carbocycles. The van der Waals surface area contributed by atoms with Gasteiger partial charge in [-0.3, -0.25) is 0 Å². The first kappa shape index (κ1) is 14.4. The molecule has 1 fully saturated rings. The van der Waals surface area contributed by atoms with E-state index in [1.54, 1.807) is 0 Å². The summed E-state index contributed by atoms with van der Waals surface area (Å²) < 4.78 is 46.6. The van der Waals surface area contributed by atoms with Gasteiger partial charge in [-0.15, -0.1) is 0 Å². The zero-order chi connectivity index (χ0) is 14.6. The highest BCUT2D eigenvalue weighted by atomic mass is 19.4. The average Bonchev–Trinajstić information content (AvgIpc) is 2.89. The van der Waals surface area contributed by atoms with Crippen molar-refractivity contribution in [2.75, 3.05) is 18.7 Å². The van der Waals surface area contributed by atoms with Crippen LogP contribution in [0.2, 0.25) is 0 Å². The number of nitrogens with zero attached hydrogens (tertiary/aromatic N) is 1. The molecule has 1 saturated heterocycles. The minimum absolute atomic E-state index is 0.0250. The van der Waals surface area contributed by atoms with E-state index >= 15 is 0 Å². The van der Waals surface area contributed by atoms with Crippen molar-refractivity contribution in [3.05, 3.63) is 18.3 Å². The zero-order valence-corrected chi connectivity index (χ0v) is 10.1. The number of pyridine rings is 1. The number of hydrogen-bond donors (Lipinski definition) is 1. The molecule has 0 spiro atoms. The fraction of sp³-hybridized carbons (Fsp3) is 0.455. The van der Waals surface area contributed by atoms with Gasteiger partial charge in [-0.25, -0.2) is 15.3 Å². The molecule has 110 valence electrons. The fourth-order valence-electron chi connectivity index (χ4n) is 1.49. The highest BCUT2D eigenvalue weighted by Crippen LogP contribution is 2.25. The predicted molar refractivity (Wildman–Crippen MR) is 59.9 cm³/mol. The number of ether oxygens (including phenoxy) is 2. The molecule has 0 unspecified atom stereocenters. The van der Waals surface area contributed by atoms with Crippen molar-refractivity contribution in [1.82, 2.24) is 4.98 Å². The van der Waals surface area contributed by atoms with Crippen LogP contribution in [0.15, 0.2) is 18.3 Å². The third-order valence-electron chi connectivity index (χ3n) is 2.42. The minimum Gasteiger partial charge on any atom is -0.470 e. The Morgan fingerprint density at radius 3 is 2.95 bits per heavy atom. The summed E-state index contributed by atoms with van der Waals surface area (Å²) in [5.41, 5.74) is 1.92. The Hall–Kier alpha value is -2.03. The van der Waals surface area contributed by atoms with Crippen molar-refractivity contribution >= 4 is 11.7 Å². The van der Waals surface area contributed by atoms with E-state index < -0.39 is 12.1 Å². The van der Waals surface area contributed by atoms with Crippen LogP contribution in [0.1, 0.15) is 6.42 Å². The molecule has 0 aromatic carbocycles. The Balaban J connectivity index is 1.98. The molecule has 1 aliphatic heterocycles. The lowest BCUT2D eigenvalue weighted by Gasteiger charge is -2.15. The van der Waals surface area contributed by atoms with Crippen molar-refractivity contribution in [2.24, 2.45) is 0 Å². The van der Waals surface area contributed by atoms with Gasteiger partial charge in [0.25, 0.3) is 0 Å². The van der Waals surface area contributed by atoms with E-state index in [-0.39, 0.29) is 17.7 Å². The summed E-state index contributed by atoms with van der Waals surface area (Å²) >= 11 is 0. The highest BCUT2D eigenvalue weighted by Gasteiger charge is 2.41. The molecule has 0 amide bonds. The topological polar surface area (TPSA) is 69.7 Å². The largest absolute Gasteiger partial charge is 0.493 e. The van der Waals surface area contributed by atoms with E-state index in [1.807, 2.05) is 5.48 Å². The van der Waals surface area contributed by atoms with E-state index in [2.05, 4.69) is 9.82 Å². The van der Waals surface area contributed by atoms with Crippen molar-refractivity contribution in [1.29, 1.82) is 0 Å². The van der Waals surface area contributed by atoms with Crippen molar-refractivity contribution in [3.63, 3.8) is 0 Å². The molecular weight excluding hydrogens is 281 g/mol. The number of halogens is 3. The number of carbonyl (C=O) groups is 1. The normalized spacial score (nSPS) is 18.6. The van der Waals surface area contributed by atoms with Crippen molar-refractivity contribution < 1.29 is 32.3 Å². The van der Waals surface area contributed by atoms with Crippen LogP contribution in [-0.4, -0.2) is 36.4 Å². The van der Waals surface area contributed by atoms with Gasteiger partial charge in [0, 0.05) is 12.6 Å². The van der Waals surface area contributed by atoms with Gasteiger partial charge < -0.3 is 14.3 Å². The maximum Gasteiger partial charge on any atom is 0.493 e.